The fourth-order valence-electron chi connectivity index (χ4n) is 3.43. The third-order valence-electron chi connectivity index (χ3n) is 5.19. The summed E-state index contributed by atoms with van der Waals surface area (Å²) in [6, 6.07) is 11.3. The molecule has 0 bridgehead atoms. The van der Waals surface area contributed by atoms with E-state index in [1.807, 2.05) is 19.1 Å². The minimum absolute atomic E-state index is 0.00135. The predicted molar refractivity (Wildman–Crippen MR) is 118 cm³/mol. The Labute approximate surface area is 182 Å². The van der Waals surface area contributed by atoms with Gasteiger partial charge >= 0.3 is 0 Å². The standard InChI is InChI=1S/C22H25ClN2O4S/c1-16-6-8-17(9-7-16)25(15-21(26)24-12-4-3-5-13-24)22(27)19-14-18(30(2,28)29)10-11-20(19)23/h6-11,14H,3-5,12-13,15H2,1-2H3. The van der Waals surface area contributed by atoms with Gasteiger partial charge in [-0.25, -0.2) is 8.42 Å². The highest BCUT2D eigenvalue weighted by Gasteiger charge is 2.26. The molecule has 30 heavy (non-hydrogen) atoms. The maximum absolute atomic E-state index is 13.4. The molecule has 1 heterocycles. The fourth-order valence-corrected chi connectivity index (χ4v) is 4.27. The maximum atomic E-state index is 13.4. The zero-order valence-corrected chi connectivity index (χ0v) is 18.7. The molecule has 0 aromatic heterocycles. The van der Waals surface area contributed by atoms with Crippen molar-refractivity contribution in [1.29, 1.82) is 0 Å². The van der Waals surface area contributed by atoms with Crippen molar-refractivity contribution in [1.82, 2.24) is 4.90 Å². The van der Waals surface area contributed by atoms with Crippen LogP contribution in [-0.2, 0) is 14.6 Å². The molecule has 6 nitrogen and oxygen atoms in total. The van der Waals surface area contributed by atoms with Crippen molar-refractivity contribution in [3.63, 3.8) is 0 Å². The number of hydrogen-bond donors (Lipinski definition) is 0. The molecule has 160 valence electrons. The highest BCUT2D eigenvalue weighted by atomic mass is 35.5. The van der Waals surface area contributed by atoms with E-state index in [0.29, 0.717) is 18.8 Å². The number of carbonyl (C=O) groups is 2. The second-order valence-corrected chi connectivity index (χ2v) is 10.0. The second kappa shape index (κ2) is 9.18. The van der Waals surface area contributed by atoms with Gasteiger partial charge in [-0.1, -0.05) is 29.3 Å². The Kier molecular flexibility index (Phi) is 6.83. The van der Waals surface area contributed by atoms with Gasteiger partial charge in [-0.15, -0.1) is 0 Å². The first kappa shape index (κ1) is 22.3. The molecule has 1 fully saturated rings. The van der Waals surface area contributed by atoms with E-state index in [4.69, 9.17) is 11.6 Å². The van der Waals surface area contributed by atoms with Crippen molar-refractivity contribution in [2.45, 2.75) is 31.1 Å². The number of amides is 2. The zero-order chi connectivity index (χ0) is 21.9. The molecule has 0 spiro atoms. The summed E-state index contributed by atoms with van der Waals surface area (Å²) in [6.07, 6.45) is 4.07. The predicted octanol–water partition coefficient (Wildman–Crippen LogP) is 3.71. The molecule has 2 amide bonds. The van der Waals surface area contributed by atoms with E-state index in [2.05, 4.69) is 0 Å². The number of benzene rings is 2. The van der Waals surface area contributed by atoms with Crippen LogP contribution in [-0.4, -0.2) is 51.0 Å². The lowest BCUT2D eigenvalue weighted by atomic mass is 10.1. The molecule has 3 rings (SSSR count). The van der Waals surface area contributed by atoms with Crippen LogP contribution in [0.25, 0.3) is 0 Å². The van der Waals surface area contributed by atoms with E-state index in [0.717, 1.165) is 31.1 Å². The second-order valence-electron chi connectivity index (χ2n) is 7.58. The average molecular weight is 449 g/mol. The number of halogens is 1. The molecule has 2 aromatic rings. The van der Waals surface area contributed by atoms with Crippen LogP contribution in [0.15, 0.2) is 47.4 Å². The first-order valence-electron chi connectivity index (χ1n) is 9.83. The summed E-state index contributed by atoms with van der Waals surface area (Å²) in [4.78, 5) is 29.5. The van der Waals surface area contributed by atoms with E-state index in [1.165, 1.54) is 23.1 Å². The summed E-state index contributed by atoms with van der Waals surface area (Å²) in [5.41, 5.74) is 1.62. The maximum Gasteiger partial charge on any atom is 0.260 e. The summed E-state index contributed by atoms with van der Waals surface area (Å²) >= 11 is 6.25. The zero-order valence-electron chi connectivity index (χ0n) is 17.1. The monoisotopic (exact) mass is 448 g/mol. The molecule has 8 heteroatoms. The normalized spacial score (nSPS) is 14.4. The first-order chi connectivity index (χ1) is 14.2. The van der Waals surface area contributed by atoms with Gasteiger partial charge in [0.05, 0.1) is 15.5 Å². The van der Waals surface area contributed by atoms with Crippen LogP contribution in [0, 0.1) is 6.92 Å². The molecule has 1 aliphatic rings. The SMILES string of the molecule is Cc1ccc(N(CC(=O)N2CCCCC2)C(=O)c2cc(S(C)(=O)=O)ccc2Cl)cc1. The van der Waals surface area contributed by atoms with Gasteiger partial charge in [0.15, 0.2) is 9.84 Å². The van der Waals surface area contributed by atoms with Crippen molar-refractivity contribution in [3.05, 3.63) is 58.6 Å². The molecule has 0 unspecified atom stereocenters. The van der Waals surface area contributed by atoms with Crippen molar-refractivity contribution < 1.29 is 18.0 Å². The average Bonchev–Trinajstić information content (AvgIpc) is 2.72. The Morgan fingerprint density at radius 3 is 2.27 bits per heavy atom. The molecule has 1 aliphatic heterocycles. The molecule has 2 aromatic carbocycles. The van der Waals surface area contributed by atoms with Crippen molar-refractivity contribution in [2.24, 2.45) is 0 Å². The lowest BCUT2D eigenvalue weighted by molar-refractivity contribution is -0.130. The summed E-state index contributed by atoms with van der Waals surface area (Å²) in [5.74, 6) is -0.654. The number of likely N-dealkylation sites (tertiary alicyclic amines) is 1. The Hall–Kier alpha value is -2.38. The molecule has 1 saturated heterocycles. The Morgan fingerprint density at radius 1 is 1.03 bits per heavy atom. The highest BCUT2D eigenvalue weighted by Crippen LogP contribution is 2.25. The number of nitrogens with zero attached hydrogens (tertiary/aromatic N) is 2. The van der Waals surface area contributed by atoms with Crippen LogP contribution >= 0.6 is 11.6 Å². The lowest BCUT2D eigenvalue weighted by Crippen LogP contribution is -2.45. The Balaban J connectivity index is 1.98. The van der Waals surface area contributed by atoms with E-state index >= 15 is 0 Å². The van der Waals surface area contributed by atoms with Gasteiger partial charge in [-0.05, 0) is 56.5 Å². The van der Waals surface area contributed by atoms with Crippen LogP contribution in [0.2, 0.25) is 5.02 Å². The van der Waals surface area contributed by atoms with Crippen LogP contribution < -0.4 is 4.90 Å². The fraction of sp³-hybridized carbons (Fsp3) is 0.364. The number of hydrogen-bond acceptors (Lipinski definition) is 4. The van der Waals surface area contributed by atoms with Gasteiger partial charge < -0.3 is 4.90 Å². The number of carbonyl (C=O) groups excluding carboxylic acids is 2. The van der Waals surface area contributed by atoms with Gasteiger partial charge in [0.25, 0.3) is 5.91 Å². The smallest absolute Gasteiger partial charge is 0.260 e. The number of rotatable bonds is 5. The molecule has 0 N–H and O–H groups in total. The number of piperidine rings is 1. The molecule has 0 atom stereocenters. The summed E-state index contributed by atoms with van der Waals surface area (Å²) in [7, 11) is -3.52. The van der Waals surface area contributed by atoms with Crippen LogP contribution in [0.5, 0.6) is 0 Å². The van der Waals surface area contributed by atoms with Crippen LogP contribution in [0.1, 0.15) is 35.2 Å². The Morgan fingerprint density at radius 2 is 1.67 bits per heavy atom. The van der Waals surface area contributed by atoms with Crippen molar-refractivity contribution >= 4 is 38.9 Å². The minimum atomic E-state index is -3.52. The molecule has 0 aliphatic carbocycles. The largest absolute Gasteiger partial charge is 0.341 e. The van der Waals surface area contributed by atoms with Crippen LogP contribution in [0.3, 0.4) is 0 Å². The minimum Gasteiger partial charge on any atom is -0.341 e. The van der Waals surface area contributed by atoms with Gasteiger partial charge in [-0.3, -0.25) is 14.5 Å². The van der Waals surface area contributed by atoms with Crippen molar-refractivity contribution in [2.75, 3.05) is 30.8 Å². The summed E-state index contributed by atoms with van der Waals surface area (Å²) in [6.45, 7) is 3.15. The summed E-state index contributed by atoms with van der Waals surface area (Å²) < 4.78 is 23.9. The third-order valence-corrected chi connectivity index (χ3v) is 6.63. The summed E-state index contributed by atoms with van der Waals surface area (Å²) in [5, 5.41) is 0.134. The Bertz CT molecular complexity index is 1050. The van der Waals surface area contributed by atoms with E-state index < -0.39 is 15.7 Å². The first-order valence-corrected chi connectivity index (χ1v) is 12.1. The lowest BCUT2D eigenvalue weighted by Gasteiger charge is -2.30. The number of sulfone groups is 1. The number of anilines is 1. The molecule has 0 saturated carbocycles. The van der Waals surface area contributed by atoms with Crippen molar-refractivity contribution in [3.8, 4) is 0 Å². The van der Waals surface area contributed by atoms with Crippen LogP contribution in [0.4, 0.5) is 5.69 Å². The van der Waals surface area contributed by atoms with E-state index in [-0.39, 0.29) is 27.9 Å². The van der Waals surface area contributed by atoms with Gasteiger partial charge in [0.1, 0.15) is 6.54 Å². The van der Waals surface area contributed by atoms with E-state index in [1.54, 1.807) is 17.0 Å². The highest BCUT2D eigenvalue weighted by molar-refractivity contribution is 7.90. The van der Waals surface area contributed by atoms with Gasteiger partial charge in [0, 0.05) is 25.0 Å². The van der Waals surface area contributed by atoms with Gasteiger partial charge in [0.2, 0.25) is 5.91 Å². The number of aryl methyl sites for hydroxylation is 1. The van der Waals surface area contributed by atoms with E-state index in [9.17, 15) is 18.0 Å². The molecule has 0 radical (unpaired) electrons. The topological polar surface area (TPSA) is 74.8 Å². The van der Waals surface area contributed by atoms with Gasteiger partial charge in [-0.2, -0.15) is 0 Å². The molecular weight excluding hydrogens is 424 g/mol. The quantitative estimate of drug-likeness (QED) is 0.698. The molecular formula is C22H25ClN2O4S. The third kappa shape index (κ3) is 5.21.